The Morgan fingerprint density at radius 2 is 2.04 bits per heavy atom. The molecule has 0 fully saturated rings. The Kier molecular flexibility index (Phi) is 4.74. The summed E-state index contributed by atoms with van der Waals surface area (Å²) in [5.74, 6) is 2.45. The van der Waals surface area contributed by atoms with Crippen molar-refractivity contribution >= 4 is 11.7 Å². The number of ether oxygens (including phenoxy) is 2. The second-order valence-electron chi connectivity index (χ2n) is 5.39. The van der Waals surface area contributed by atoms with Crippen molar-refractivity contribution in [1.29, 1.82) is 0 Å². The van der Waals surface area contributed by atoms with Crippen LogP contribution in [0.5, 0.6) is 11.5 Å². The summed E-state index contributed by atoms with van der Waals surface area (Å²) in [5.41, 5.74) is 0.884. The number of rotatable bonds is 6. The molecule has 0 radical (unpaired) electrons. The summed E-state index contributed by atoms with van der Waals surface area (Å²) in [6.45, 7) is 2.20. The molecule has 0 spiro atoms. The average Bonchev–Trinajstić information content (AvgIpc) is 3.24. The van der Waals surface area contributed by atoms with E-state index < -0.39 is 0 Å². The van der Waals surface area contributed by atoms with Gasteiger partial charge in [0.05, 0.1) is 27.0 Å². The van der Waals surface area contributed by atoms with E-state index in [1.165, 1.54) is 0 Å². The summed E-state index contributed by atoms with van der Waals surface area (Å²) < 4.78 is 17.8. The normalized spacial score (nSPS) is 10.5. The smallest absolute Gasteiger partial charge is 0.292 e. The Morgan fingerprint density at radius 3 is 2.72 bits per heavy atom. The van der Waals surface area contributed by atoms with Gasteiger partial charge in [0.25, 0.3) is 5.91 Å². The number of benzene rings is 1. The van der Waals surface area contributed by atoms with Gasteiger partial charge < -0.3 is 19.2 Å². The molecule has 1 aromatic carbocycles. The van der Waals surface area contributed by atoms with Crippen molar-refractivity contribution in [3.8, 4) is 11.5 Å². The number of para-hydroxylation sites is 1. The third-order valence-electron chi connectivity index (χ3n) is 3.73. The van der Waals surface area contributed by atoms with Gasteiger partial charge in [-0.1, -0.05) is 12.1 Å². The van der Waals surface area contributed by atoms with Crippen molar-refractivity contribution in [2.75, 3.05) is 19.5 Å². The molecule has 130 valence electrons. The predicted molar refractivity (Wildman–Crippen MR) is 92.3 cm³/mol. The predicted octanol–water partition coefficient (Wildman–Crippen LogP) is 3.10. The van der Waals surface area contributed by atoms with E-state index in [4.69, 9.17) is 13.9 Å². The molecule has 2 heterocycles. The average molecular weight is 341 g/mol. The quantitative estimate of drug-likeness (QED) is 0.745. The van der Waals surface area contributed by atoms with Crippen LogP contribution in [0.25, 0.3) is 0 Å². The van der Waals surface area contributed by atoms with Gasteiger partial charge >= 0.3 is 0 Å². The summed E-state index contributed by atoms with van der Waals surface area (Å²) in [4.78, 5) is 12.3. The van der Waals surface area contributed by atoms with Crippen molar-refractivity contribution in [2.24, 2.45) is 0 Å². The maximum absolute atomic E-state index is 12.3. The van der Waals surface area contributed by atoms with E-state index in [1.54, 1.807) is 50.2 Å². The van der Waals surface area contributed by atoms with Gasteiger partial charge in [-0.3, -0.25) is 4.79 Å². The molecule has 0 saturated heterocycles. The van der Waals surface area contributed by atoms with Gasteiger partial charge in [0.1, 0.15) is 11.6 Å². The van der Waals surface area contributed by atoms with E-state index in [2.05, 4.69) is 10.4 Å². The number of amides is 1. The van der Waals surface area contributed by atoms with Crippen molar-refractivity contribution in [1.82, 2.24) is 9.78 Å². The number of carbonyl (C=O) groups is 1. The highest BCUT2D eigenvalue weighted by atomic mass is 16.5. The van der Waals surface area contributed by atoms with E-state index in [9.17, 15) is 4.79 Å². The number of carbonyl (C=O) groups excluding carboxylic acids is 1. The number of aromatic nitrogens is 2. The fourth-order valence-electron chi connectivity index (χ4n) is 2.54. The molecule has 0 aliphatic rings. The highest BCUT2D eigenvalue weighted by Crippen LogP contribution is 2.31. The molecule has 0 bridgehead atoms. The van der Waals surface area contributed by atoms with Crippen LogP contribution in [0.1, 0.15) is 21.9 Å². The van der Waals surface area contributed by atoms with Crippen LogP contribution in [-0.2, 0) is 6.54 Å². The second kappa shape index (κ2) is 7.12. The summed E-state index contributed by atoms with van der Waals surface area (Å²) in [6, 6.07) is 10.7. The van der Waals surface area contributed by atoms with Crippen molar-refractivity contribution in [3.63, 3.8) is 0 Å². The number of methoxy groups -OCH3 is 2. The number of anilines is 1. The molecule has 2 aromatic heterocycles. The maximum atomic E-state index is 12.3. The third-order valence-corrected chi connectivity index (χ3v) is 3.73. The zero-order valence-corrected chi connectivity index (χ0v) is 14.3. The molecule has 1 N–H and O–H groups in total. The Bertz CT molecular complexity index is 882. The van der Waals surface area contributed by atoms with Gasteiger partial charge in [0.15, 0.2) is 17.3 Å². The lowest BCUT2D eigenvalue weighted by Crippen LogP contribution is -2.16. The lowest BCUT2D eigenvalue weighted by Gasteiger charge is -2.14. The Hall–Kier alpha value is -3.22. The van der Waals surface area contributed by atoms with Crippen molar-refractivity contribution in [2.45, 2.75) is 13.5 Å². The van der Waals surface area contributed by atoms with Crippen LogP contribution in [0.4, 0.5) is 5.82 Å². The molecule has 3 rings (SSSR count). The SMILES string of the molecule is COc1cccc(Cn2nccc2NC(=O)c2ccc(C)o2)c1OC. The van der Waals surface area contributed by atoms with Crippen LogP contribution in [0, 0.1) is 6.92 Å². The standard InChI is InChI=1S/C18H19N3O4/c1-12-7-8-15(25-12)18(22)20-16-9-10-19-21(16)11-13-5-4-6-14(23-2)17(13)24-3/h4-10H,11H2,1-3H3,(H,20,22). The first kappa shape index (κ1) is 16.6. The lowest BCUT2D eigenvalue weighted by molar-refractivity contribution is 0.0994. The molecule has 1 amide bonds. The van der Waals surface area contributed by atoms with Crippen LogP contribution < -0.4 is 14.8 Å². The molecule has 0 saturated carbocycles. The molecule has 3 aromatic rings. The minimum atomic E-state index is -0.326. The minimum absolute atomic E-state index is 0.254. The summed E-state index contributed by atoms with van der Waals surface area (Å²) >= 11 is 0. The van der Waals surface area contributed by atoms with Crippen LogP contribution in [0.15, 0.2) is 47.0 Å². The Balaban J connectivity index is 1.82. The zero-order valence-electron chi connectivity index (χ0n) is 14.3. The van der Waals surface area contributed by atoms with Crippen molar-refractivity contribution in [3.05, 3.63) is 59.7 Å². The number of hydrogen-bond acceptors (Lipinski definition) is 5. The minimum Gasteiger partial charge on any atom is -0.493 e. The largest absolute Gasteiger partial charge is 0.493 e. The molecule has 7 heteroatoms. The zero-order chi connectivity index (χ0) is 17.8. The van der Waals surface area contributed by atoms with Gasteiger partial charge in [-0.2, -0.15) is 5.10 Å². The molecule has 0 atom stereocenters. The van der Waals surface area contributed by atoms with Gasteiger partial charge in [-0.25, -0.2) is 4.68 Å². The van der Waals surface area contributed by atoms with Gasteiger partial charge in [0, 0.05) is 11.6 Å². The molecule has 7 nitrogen and oxygen atoms in total. The van der Waals surface area contributed by atoms with Gasteiger partial charge in [-0.05, 0) is 25.1 Å². The monoisotopic (exact) mass is 341 g/mol. The fourth-order valence-corrected chi connectivity index (χ4v) is 2.54. The van der Waals surface area contributed by atoms with Crippen LogP contribution in [0.3, 0.4) is 0 Å². The number of furan rings is 1. The van der Waals surface area contributed by atoms with Crippen LogP contribution in [0.2, 0.25) is 0 Å². The molecular formula is C18H19N3O4. The first-order valence-corrected chi connectivity index (χ1v) is 7.72. The van der Waals surface area contributed by atoms with E-state index in [1.807, 2.05) is 18.2 Å². The fraction of sp³-hybridized carbons (Fsp3) is 0.222. The molecule has 0 aliphatic carbocycles. The summed E-state index contributed by atoms with van der Waals surface area (Å²) in [7, 11) is 3.18. The van der Waals surface area contributed by atoms with E-state index >= 15 is 0 Å². The maximum Gasteiger partial charge on any atom is 0.292 e. The number of hydrogen-bond donors (Lipinski definition) is 1. The number of nitrogens with zero attached hydrogens (tertiary/aromatic N) is 2. The topological polar surface area (TPSA) is 78.5 Å². The van der Waals surface area contributed by atoms with E-state index in [0.717, 1.165) is 5.56 Å². The molecule has 0 unspecified atom stereocenters. The first-order valence-electron chi connectivity index (χ1n) is 7.72. The summed E-state index contributed by atoms with van der Waals surface area (Å²) in [5, 5.41) is 7.07. The first-order chi connectivity index (χ1) is 12.1. The lowest BCUT2D eigenvalue weighted by atomic mass is 10.2. The van der Waals surface area contributed by atoms with Gasteiger partial charge in [0.2, 0.25) is 0 Å². The highest BCUT2D eigenvalue weighted by molar-refractivity contribution is 6.01. The Morgan fingerprint density at radius 1 is 1.20 bits per heavy atom. The van der Waals surface area contributed by atoms with Crippen LogP contribution >= 0.6 is 0 Å². The molecule has 0 aliphatic heterocycles. The van der Waals surface area contributed by atoms with E-state index in [-0.39, 0.29) is 11.7 Å². The van der Waals surface area contributed by atoms with E-state index in [0.29, 0.717) is 29.6 Å². The second-order valence-corrected chi connectivity index (χ2v) is 5.39. The third kappa shape index (κ3) is 3.50. The van der Waals surface area contributed by atoms with Crippen molar-refractivity contribution < 1.29 is 18.7 Å². The number of nitrogens with one attached hydrogen (secondary N) is 1. The Labute approximate surface area is 145 Å². The highest BCUT2D eigenvalue weighted by Gasteiger charge is 2.15. The van der Waals surface area contributed by atoms with Crippen LogP contribution in [-0.4, -0.2) is 29.9 Å². The number of aryl methyl sites for hydroxylation is 1. The molecular weight excluding hydrogens is 322 g/mol. The molecule has 25 heavy (non-hydrogen) atoms. The summed E-state index contributed by atoms with van der Waals surface area (Å²) in [6.07, 6.45) is 1.62. The van der Waals surface area contributed by atoms with Gasteiger partial charge in [-0.15, -0.1) is 0 Å².